The normalized spacial score (nSPS) is 14.0. The Labute approximate surface area is 256 Å². The number of carbonyl (C=O) groups excluding carboxylic acids is 1. The van der Waals surface area contributed by atoms with E-state index in [4.69, 9.17) is 9.73 Å². The Morgan fingerprint density at radius 1 is 0.881 bits per heavy atom. The fourth-order valence-electron chi connectivity index (χ4n) is 5.16. The van der Waals surface area contributed by atoms with Crippen molar-refractivity contribution in [3.63, 3.8) is 0 Å². The number of nitrogens with zero attached hydrogens (tertiary/aromatic N) is 4. The minimum Gasteiger partial charge on any atom is -0.495 e. The number of fused-ring (bicyclic) bond motifs is 1. The summed E-state index contributed by atoms with van der Waals surface area (Å²) >= 11 is 1.57. The lowest BCUT2D eigenvalue weighted by atomic mass is 9.82. The van der Waals surface area contributed by atoms with Crippen LogP contribution in [0.4, 0.5) is 22.7 Å². The summed E-state index contributed by atoms with van der Waals surface area (Å²) < 4.78 is 5.31. The summed E-state index contributed by atoms with van der Waals surface area (Å²) in [6.07, 6.45) is 0. The number of hydrogen-bond donors (Lipinski definition) is 1. The van der Waals surface area contributed by atoms with Crippen molar-refractivity contribution in [3.05, 3.63) is 77.4 Å². The fraction of sp³-hybridized carbons (Fsp3) is 0.412. The van der Waals surface area contributed by atoms with E-state index in [1.54, 1.807) is 18.9 Å². The Balaban J connectivity index is 2.07. The molecular formula is C34H45N5O2S. The van der Waals surface area contributed by atoms with Crippen molar-refractivity contribution in [1.29, 1.82) is 0 Å². The number of aliphatic imine (C=N–C) groups is 1. The number of amidine groups is 1. The summed E-state index contributed by atoms with van der Waals surface area (Å²) in [6.45, 7) is 11.7. The second-order valence-corrected chi connectivity index (χ2v) is 13.2. The topological polar surface area (TPSA) is 60.4 Å². The SMILES string of the molecule is CCN(CC)c1cc2c(cc1OC)C(c1ccc(N(C)C)cc1)(c1ccc(N(C)C)cc1)SC(NC(=O)C(C)(C)C)=N2. The van der Waals surface area contributed by atoms with Crippen molar-refractivity contribution in [1.82, 2.24) is 5.32 Å². The van der Waals surface area contributed by atoms with Crippen molar-refractivity contribution in [2.24, 2.45) is 10.4 Å². The van der Waals surface area contributed by atoms with Gasteiger partial charge in [0.25, 0.3) is 0 Å². The standard InChI is InChI=1S/C34H45N5O2S/c1-11-39(12-2)29-22-28-27(21-30(29)41-10)34(23-13-17-25(18-14-23)37(6)7,24-15-19-26(20-16-24)38(8)9)42-32(35-28)36-31(40)33(3,4)5/h13-22H,11-12H2,1-10H3,(H,35,36,40). The molecule has 0 unspecified atom stereocenters. The van der Waals surface area contributed by atoms with Crippen LogP contribution in [0.3, 0.4) is 0 Å². The van der Waals surface area contributed by atoms with Crippen LogP contribution < -0.4 is 24.8 Å². The van der Waals surface area contributed by atoms with E-state index in [9.17, 15) is 4.79 Å². The van der Waals surface area contributed by atoms with Crippen LogP contribution in [0.2, 0.25) is 0 Å². The number of carbonyl (C=O) groups is 1. The van der Waals surface area contributed by atoms with E-state index in [1.807, 2.05) is 49.0 Å². The Bertz CT molecular complexity index is 1380. The van der Waals surface area contributed by atoms with Crippen LogP contribution in [0, 0.1) is 5.41 Å². The van der Waals surface area contributed by atoms with Crippen LogP contribution >= 0.6 is 11.8 Å². The van der Waals surface area contributed by atoms with Gasteiger partial charge in [-0.1, -0.05) is 56.8 Å². The highest BCUT2D eigenvalue weighted by Gasteiger charge is 2.45. The number of benzene rings is 3. The maximum absolute atomic E-state index is 13.3. The van der Waals surface area contributed by atoms with Crippen molar-refractivity contribution >= 4 is 45.6 Å². The zero-order valence-electron chi connectivity index (χ0n) is 26.7. The van der Waals surface area contributed by atoms with E-state index >= 15 is 0 Å². The van der Waals surface area contributed by atoms with Gasteiger partial charge in [0.2, 0.25) is 5.91 Å². The lowest BCUT2D eigenvalue weighted by Gasteiger charge is -2.40. The van der Waals surface area contributed by atoms with Crippen LogP contribution in [0.25, 0.3) is 0 Å². The molecule has 1 aliphatic rings. The average molecular weight is 588 g/mol. The third kappa shape index (κ3) is 5.95. The monoisotopic (exact) mass is 587 g/mol. The minimum absolute atomic E-state index is 0.0745. The van der Waals surface area contributed by atoms with Crippen molar-refractivity contribution in [3.8, 4) is 5.75 Å². The summed E-state index contributed by atoms with van der Waals surface area (Å²) in [5, 5.41) is 3.75. The highest BCUT2D eigenvalue weighted by atomic mass is 32.2. The maximum atomic E-state index is 13.3. The Hall–Kier alpha value is -3.65. The van der Waals surface area contributed by atoms with E-state index in [-0.39, 0.29) is 5.91 Å². The lowest BCUT2D eigenvalue weighted by molar-refractivity contribution is -0.126. The zero-order valence-corrected chi connectivity index (χ0v) is 27.5. The zero-order chi connectivity index (χ0) is 30.8. The first-order valence-electron chi connectivity index (χ1n) is 14.5. The molecule has 224 valence electrons. The van der Waals surface area contributed by atoms with Gasteiger partial charge in [-0.3, -0.25) is 4.79 Å². The van der Waals surface area contributed by atoms with Crippen molar-refractivity contribution in [2.75, 3.05) is 63.1 Å². The number of ether oxygens (including phenoxy) is 1. The third-order valence-electron chi connectivity index (χ3n) is 7.73. The maximum Gasteiger partial charge on any atom is 0.231 e. The largest absolute Gasteiger partial charge is 0.495 e. The summed E-state index contributed by atoms with van der Waals surface area (Å²) in [5.41, 5.74) is 6.65. The molecule has 0 radical (unpaired) electrons. The quantitative estimate of drug-likeness (QED) is 0.311. The molecule has 0 aromatic heterocycles. The molecule has 1 amide bonds. The molecular weight excluding hydrogens is 542 g/mol. The molecule has 1 heterocycles. The number of anilines is 3. The van der Waals surface area contributed by atoms with E-state index in [0.717, 1.165) is 58.3 Å². The minimum atomic E-state index is -0.706. The van der Waals surface area contributed by atoms with Gasteiger partial charge in [0, 0.05) is 63.6 Å². The highest BCUT2D eigenvalue weighted by Crippen LogP contribution is 2.56. The van der Waals surface area contributed by atoms with E-state index in [2.05, 4.69) is 94.5 Å². The van der Waals surface area contributed by atoms with Gasteiger partial charge in [-0.05, 0) is 61.4 Å². The van der Waals surface area contributed by atoms with Crippen LogP contribution in [0.1, 0.15) is 51.3 Å². The highest BCUT2D eigenvalue weighted by molar-refractivity contribution is 8.15. The van der Waals surface area contributed by atoms with E-state index in [1.165, 1.54) is 0 Å². The third-order valence-corrected chi connectivity index (χ3v) is 9.12. The summed E-state index contributed by atoms with van der Waals surface area (Å²) in [7, 11) is 9.90. The first-order chi connectivity index (χ1) is 19.8. The number of nitrogens with one attached hydrogen (secondary N) is 1. The number of hydrogen-bond acceptors (Lipinski definition) is 7. The summed E-state index contributed by atoms with van der Waals surface area (Å²) in [6, 6.07) is 21.6. The van der Waals surface area contributed by atoms with Crippen LogP contribution in [0.5, 0.6) is 5.75 Å². The van der Waals surface area contributed by atoms with Gasteiger partial charge in [-0.25, -0.2) is 4.99 Å². The number of amides is 1. The molecule has 0 fully saturated rings. The molecule has 0 saturated carbocycles. The van der Waals surface area contributed by atoms with Gasteiger partial charge in [0.1, 0.15) is 10.5 Å². The van der Waals surface area contributed by atoms with Gasteiger partial charge < -0.3 is 24.8 Å². The second-order valence-electron chi connectivity index (χ2n) is 12.0. The Morgan fingerprint density at radius 2 is 1.38 bits per heavy atom. The lowest BCUT2D eigenvalue weighted by Crippen LogP contribution is -2.41. The molecule has 0 spiro atoms. The molecule has 1 N–H and O–H groups in total. The molecule has 1 aliphatic heterocycles. The van der Waals surface area contributed by atoms with Crippen molar-refractivity contribution in [2.45, 2.75) is 39.4 Å². The van der Waals surface area contributed by atoms with Crippen LogP contribution in [-0.2, 0) is 9.54 Å². The van der Waals surface area contributed by atoms with Crippen LogP contribution in [-0.4, -0.2) is 59.5 Å². The number of rotatable bonds is 8. The first kappa shape index (κ1) is 31.3. The first-order valence-corrected chi connectivity index (χ1v) is 15.3. The summed E-state index contributed by atoms with van der Waals surface area (Å²) in [5.74, 6) is 0.726. The molecule has 7 nitrogen and oxygen atoms in total. The van der Waals surface area contributed by atoms with Gasteiger partial charge in [0.05, 0.1) is 18.5 Å². The van der Waals surface area contributed by atoms with Crippen molar-refractivity contribution < 1.29 is 9.53 Å². The van der Waals surface area contributed by atoms with Gasteiger partial charge in [0.15, 0.2) is 5.17 Å². The van der Waals surface area contributed by atoms with Crippen LogP contribution in [0.15, 0.2) is 65.7 Å². The Kier molecular flexibility index (Phi) is 9.16. The predicted octanol–water partition coefficient (Wildman–Crippen LogP) is 6.86. The van der Waals surface area contributed by atoms with E-state index < -0.39 is 10.2 Å². The smallest absolute Gasteiger partial charge is 0.231 e. The van der Waals surface area contributed by atoms with Gasteiger partial charge in [-0.15, -0.1) is 0 Å². The molecule has 3 aromatic carbocycles. The van der Waals surface area contributed by atoms with Gasteiger partial charge in [-0.2, -0.15) is 0 Å². The molecule has 8 heteroatoms. The molecule has 0 saturated heterocycles. The average Bonchev–Trinajstić information content (AvgIpc) is 2.96. The molecule has 4 rings (SSSR count). The van der Waals surface area contributed by atoms with Gasteiger partial charge >= 0.3 is 0 Å². The molecule has 42 heavy (non-hydrogen) atoms. The number of methoxy groups -OCH3 is 1. The fourth-order valence-corrected chi connectivity index (χ4v) is 6.52. The molecule has 0 bridgehead atoms. The van der Waals surface area contributed by atoms with E-state index in [0.29, 0.717) is 5.17 Å². The number of thioether (sulfide) groups is 1. The Morgan fingerprint density at radius 3 is 1.79 bits per heavy atom. The molecule has 3 aromatic rings. The summed E-state index contributed by atoms with van der Waals surface area (Å²) in [4.78, 5) is 24.8. The molecule has 0 aliphatic carbocycles. The molecule has 0 atom stereocenters. The predicted molar refractivity (Wildman–Crippen MR) is 180 cm³/mol. The second kappa shape index (κ2) is 12.3.